The van der Waals surface area contributed by atoms with Crippen LogP contribution in [0.1, 0.15) is 68.8 Å². The van der Waals surface area contributed by atoms with E-state index in [1.54, 1.807) is 6.07 Å². The zero-order valence-corrected chi connectivity index (χ0v) is 16.3. The van der Waals surface area contributed by atoms with Gasteiger partial charge in [-0.3, -0.25) is 0 Å². The first-order valence-electron chi connectivity index (χ1n) is 10.1. The summed E-state index contributed by atoms with van der Waals surface area (Å²) in [6.45, 7) is 6.90. The predicted molar refractivity (Wildman–Crippen MR) is 105 cm³/mol. The number of ether oxygens (including phenoxy) is 1. The Morgan fingerprint density at radius 1 is 1.38 bits per heavy atom. The lowest BCUT2D eigenvalue weighted by Crippen LogP contribution is -2.41. The summed E-state index contributed by atoms with van der Waals surface area (Å²) in [7, 11) is 0. The highest BCUT2D eigenvalue weighted by Crippen LogP contribution is 2.57. The fraction of sp³-hybridized carbons (Fsp3) is 0.609. The van der Waals surface area contributed by atoms with E-state index in [2.05, 4.69) is 26.0 Å². The van der Waals surface area contributed by atoms with Gasteiger partial charge in [0.25, 0.3) is 0 Å². The Balaban J connectivity index is 1.71. The molecule has 1 N–H and O–H groups in total. The summed E-state index contributed by atoms with van der Waals surface area (Å²) in [6, 6.07) is 7.62. The van der Waals surface area contributed by atoms with Gasteiger partial charge in [0.05, 0.1) is 18.3 Å². The highest BCUT2D eigenvalue weighted by molar-refractivity contribution is 5.90. The van der Waals surface area contributed by atoms with E-state index >= 15 is 0 Å². The minimum atomic E-state index is -0.266. The SMILES string of the molecule is CCOC(=O)c1cccc(C=CC(C)[C@H]2CC[C@H]3[C@@H](O)CCC[C@]23C)c1. The average Bonchev–Trinajstić information content (AvgIpc) is 2.98. The van der Waals surface area contributed by atoms with Crippen molar-refractivity contribution < 1.29 is 14.6 Å². The Labute approximate surface area is 157 Å². The molecule has 0 radical (unpaired) electrons. The van der Waals surface area contributed by atoms with Crippen LogP contribution in [0.25, 0.3) is 6.08 Å². The average molecular weight is 357 g/mol. The molecule has 26 heavy (non-hydrogen) atoms. The molecule has 0 heterocycles. The van der Waals surface area contributed by atoms with Gasteiger partial charge in [0, 0.05) is 0 Å². The minimum Gasteiger partial charge on any atom is -0.462 e. The molecule has 3 rings (SSSR count). The monoisotopic (exact) mass is 356 g/mol. The fourth-order valence-corrected chi connectivity index (χ4v) is 5.43. The smallest absolute Gasteiger partial charge is 0.338 e. The zero-order valence-electron chi connectivity index (χ0n) is 16.3. The number of benzene rings is 1. The molecule has 0 aliphatic heterocycles. The molecule has 3 nitrogen and oxygen atoms in total. The van der Waals surface area contributed by atoms with Crippen molar-refractivity contribution in [3.05, 3.63) is 41.5 Å². The Bertz CT molecular complexity index is 665. The van der Waals surface area contributed by atoms with Crippen molar-refractivity contribution in [2.75, 3.05) is 6.61 Å². The highest BCUT2D eigenvalue weighted by Gasteiger charge is 2.51. The van der Waals surface area contributed by atoms with E-state index in [9.17, 15) is 9.90 Å². The molecule has 5 atom stereocenters. The highest BCUT2D eigenvalue weighted by atomic mass is 16.5. The van der Waals surface area contributed by atoms with Crippen LogP contribution in [-0.4, -0.2) is 23.8 Å². The van der Waals surface area contributed by atoms with Gasteiger partial charge >= 0.3 is 5.97 Å². The normalized spacial score (nSPS) is 32.4. The van der Waals surface area contributed by atoms with E-state index in [0.29, 0.717) is 29.9 Å². The molecule has 1 aromatic carbocycles. The maximum atomic E-state index is 11.9. The number of carbonyl (C=O) groups is 1. The van der Waals surface area contributed by atoms with Crippen molar-refractivity contribution in [2.24, 2.45) is 23.2 Å². The lowest BCUT2D eigenvalue weighted by atomic mass is 9.62. The van der Waals surface area contributed by atoms with E-state index in [-0.39, 0.29) is 17.5 Å². The van der Waals surface area contributed by atoms with E-state index in [4.69, 9.17) is 4.74 Å². The molecule has 142 valence electrons. The molecule has 0 bridgehead atoms. The maximum absolute atomic E-state index is 11.9. The molecule has 0 saturated heterocycles. The van der Waals surface area contributed by atoms with Crippen LogP contribution in [0.3, 0.4) is 0 Å². The Morgan fingerprint density at radius 3 is 2.96 bits per heavy atom. The zero-order chi connectivity index (χ0) is 18.7. The quantitative estimate of drug-likeness (QED) is 0.748. The largest absolute Gasteiger partial charge is 0.462 e. The number of aliphatic hydroxyl groups excluding tert-OH is 1. The molecule has 1 unspecified atom stereocenters. The molecule has 2 aliphatic rings. The summed E-state index contributed by atoms with van der Waals surface area (Å²) in [5.74, 6) is 1.27. The minimum absolute atomic E-state index is 0.115. The van der Waals surface area contributed by atoms with Crippen molar-refractivity contribution in [1.29, 1.82) is 0 Å². The standard InChI is InChI=1S/C23H32O3/c1-4-26-22(25)18-8-5-7-17(15-18)11-10-16(2)19-12-13-20-21(24)9-6-14-23(19,20)3/h5,7-8,10-11,15-16,19-21,24H,4,6,9,12-14H2,1-3H3/t16?,19-,20+,21+,23-/m1/s1. The van der Waals surface area contributed by atoms with Crippen LogP contribution in [-0.2, 0) is 4.74 Å². The lowest BCUT2D eigenvalue weighted by Gasteiger charge is -2.44. The number of carbonyl (C=O) groups excluding carboxylic acids is 1. The van der Waals surface area contributed by atoms with E-state index in [1.807, 2.05) is 25.1 Å². The second-order valence-corrected chi connectivity index (χ2v) is 8.32. The van der Waals surface area contributed by atoms with Crippen molar-refractivity contribution in [3.63, 3.8) is 0 Å². The number of fused-ring (bicyclic) bond motifs is 1. The van der Waals surface area contributed by atoms with Crippen LogP contribution in [0.15, 0.2) is 30.3 Å². The van der Waals surface area contributed by atoms with Crippen molar-refractivity contribution in [3.8, 4) is 0 Å². The fourth-order valence-electron chi connectivity index (χ4n) is 5.43. The predicted octanol–water partition coefficient (Wildman–Crippen LogP) is 5.09. The molecular formula is C23H32O3. The number of esters is 1. The number of rotatable bonds is 5. The van der Waals surface area contributed by atoms with Crippen molar-refractivity contribution >= 4 is 12.0 Å². The van der Waals surface area contributed by atoms with E-state index in [0.717, 1.165) is 24.8 Å². The summed E-state index contributed by atoms with van der Waals surface area (Å²) in [5, 5.41) is 10.4. The molecule has 0 aromatic heterocycles. The Hall–Kier alpha value is -1.61. The van der Waals surface area contributed by atoms with Gasteiger partial charge in [-0.15, -0.1) is 0 Å². The molecule has 1 aromatic rings. The first-order chi connectivity index (χ1) is 12.5. The van der Waals surface area contributed by atoms with Gasteiger partial charge in [-0.25, -0.2) is 4.79 Å². The van der Waals surface area contributed by atoms with Gasteiger partial charge in [0.1, 0.15) is 0 Å². The number of aliphatic hydroxyl groups is 1. The van der Waals surface area contributed by atoms with Gasteiger partial charge in [-0.05, 0) is 73.5 Å². The van der Waals surface area contributed by atoms with Gasteiger partial charge in [0.2, 0.25) is 0 Å². The van der Waals surface area contributed by atoms with Crippen molar-refractivity contribution in [2.45, 2.75) is 59.0 Å². The third-order valence-electron chi connectivity index (χ3n) is 6.79. The second kappa shape index (κ2) is 7.96. The molecule has 2 saturated carbocycles. The van der Waals surface area contributed by atoms with Gasteiger partial charge in [0.15, 0.2) is 0 Å². The molecule has 2 aliphatic carbocycles. The van der Waals surface area contributed by atoms with Crippen LogP contribution >= 0.6 is 0 Å². The van der Waals surface area contributed by atoms with E-state index < -0.39 is 0 Å². The third kappa shape index (κ3) is 3.73. The molecule has 0 spiro atoms. The molecule has 3 heteroatoms. The van der Waals surface area contributed by atoms with Crippen LogP contribution in [0.5, 0.6) is 0 Å². The first kappa shape index (κ1) is 19.2. The number of hydrogen-bond acceptors (Lipinski definition) is 3. The molecular weight excluding hydrogens is 324 g/mol. The lowest BCUT2D eigenvalue weighted by molar-refractivity contribution is -0.0230. The van der Waals surface area contributed by atoms with Gasteiger partial charge < -0.3 is 9.84 Å². The molecule has 0 amide bonds. The summed E-state index contributed by atoms with van der Waals surface area (Å²) < 4.78 is 5.09. The Kier molecular flexibility index (Phi) is 5.86. The molecule has 2 fully saturated rings. The summed E-state index contributed by atoms with van der Waals surface area (Å²) in [5.41, 5.74) is 1.89. The Morgan fingerprint density at radius 2 is 2.19 bits per heavy atom. The number of hydrogen-bond donors (Lipinski definition) is 1. The van der Waals surface area contributed by atoms with Crippen molar-refractivity contribution in [1.82, 2.24) is 0 Å². The third-order valence-corrected chi connectivity index (χ3v) is 6.79. The van der Waals surface area contributed by atoms with Gasteiger partial charge in [-0.2, -0.15) is 0 Å². The first-order valence-corrected chi connectivity index (χ1v) is 10.1. The van der Waals surface area contributed by atoms with Crippen LogP contribution < -0.4 is 0 Å². The van der Waals surface area contributed by atoms with Crippen LogP contribution in [0.4, 0.5) is 0 Å². The van der Waals surface area contributed by atoms with E-state index in [1.165, 1.54) is 12.8 Å². The maximum Gasteiger partial charge on any atom is 0.338 e. The summed E-state index contributed by atoms with van der Waals surface area (Å²) in [6.07, 6.45) is 9.99. The van der Waals surface area contributed by atoms with Gasteiger partial charge in [-0.1, -0.05) is 44.6 Å². The van der Waals surface area contributed by atoms with Crippen LogP contribution in [0.2, 0.25) is 0 Å². The second-order valence-electron chi connectivity index (χ2n) is 8.32. The number of allylic oxidation sites excluding steroid dienone is 1. The summed E-state index contributed by atoms with van der Waals surface area (Å²) in [4.78, 5) is 11.9. The van der Waals surface area contributed by atoms with Crippen LogP contribution in [0, 0.1) is 23.2 Å². The topological polar surface area (TPSA) is 46.5 Å². The summed E-state index contributed by atoms with van der Waals surface area (Å²) >= 11 is 0.